The first-order chi connectivity index (χ1) is 9.88. The molecule has 2 saturated heterocycles. The first kappa shape index (κ1) is 15.3. The minimum atomic E-state index is -0.875. The third kappa shape index (κ3) is 3.50. The van der Waals surface area contributed by atoms with Gasteiger partial charge < -0.3 is 15.3 Å². The Hall–Kier alpha value is -2.12. The van der Waals surface area contributed by atoms with E-state index in [1.165, 1.54) is 11.9 Å². The molecule has 0 aromatic heterocycles. The Labute approximate surface area is 122 Å². The van der Waals surface area contributed by atoms with Gasteiger partial charge in [0.25, 0.3) is 5.91 Å². The van der Waals surface area contributed by atoms with Crippen molar-refractivity contribution in [1.82, 2.24) is 15.1 Å². The maximum absolute atomic E-state index is 12.1. The van der Waals surface area contributed by atoms with Gasteiger partial charge in [0.05, 0.1) is 6.42 Å². The molecule has 0 spiro atoms. The van der Waals surface area contributed by atoms with Crippen molar-refractivity contribution >= 4 is 23.8 Å². The molecule has 21 heavy (non-hydrogen) atoms. The third-order valence-electron chi connectivity index (χ3n) is 3.95. The predicted molar refractivity (Wildman–Crippen MR) is 71.3 cm³/mol. The number of carbonyl (C=O) groups excluding carboxylic acids is 3. The van der Waals surface area contributed by atoms with Crippen molar-refractivity contribution < 1.29 is 24.3 Å². The zero-order valence-electron chi connectivity index (χ0n) is 11.9. The number of carboxylic acid groups (broad SMARTS) is 1. The molecule has 116 valence electrons. The first-order valence-corrected chi connectivity index (χ1v) is 6.96. The van der Waals surface area contributed by atoms with Crippen LogP contribution in [0.25, 0.3) is 0 Å². The molecule has 0 saturated carbocycles. The molecule has 8 nitrogen and oxygen atoms in total. The number of hydrogen-bond acceptors (Lipinski definition) is 4. The van der Waals surface area contributed by atoms with Crippen molar-refractivity contribution in [3.05, 3.63) is 0 Å². The van der Waals surface area contributed by atoms with Crippen molar-refractivity contribution in [2.45, 2.75) is 31.7 Å². The Morgan fingerprint density at radius 2 is 2.10 bits per heavy atom. The standard InChI is InChI=1S/C13H19N3O5/c1-15-10(17)6-9(12(15)20)14-13(21)16-4-2-3-8(7-16)5-11(18)19/h8-9H,2-7H2,1H3,(H,14,21)(H,18,19). The number of aliphatic carboxylic acids is 1. The van der Waals surface area contributed by atoms with Gasteiger partial charge in [-0.05, 0) is 18.8 Å². The zero-order chi connectivity index (χ0) is 15.6. The van der Waals surface area contributed by atoms with E-state index in [1.54, 1.807) is 0 Å². The summed E-state index contributed by atoms with van der Waals surface area (Å²) in [6, 6.07) is -1.22. The van der Waals surface area contributed by atoms with Crippen molar-refractivity contribution in [1.29, 1.82) is 0 Å². The van der Waals surface area contributed by atoms with Gasteiger partial charge in [-0.25, -0.2) is 4.79 Å². The fraction of sp³-hybridized carbons (Fsp3) is 0.692. The van der Waals surface area contributed by atoms with Crippen molar-refractivity contribution in [2.75, 3.05) is 20.1 Å². The van der Waals surface area contributed by atoms with Gasteiger partial charge in [0.15, 0.2) is 0 Å². The van der Waals surface area contributed by atoms with Gasteiger partial charge in [0.2, 0.25) is 5.91 Å². The number of urea groups is 1. The highest BCUT2D eigenvalue weighted by atomic mass is 16.4. The van der Waals surface area contributed by atoms with Crippen LogP contribution in [0.15, 0.2) is 0 Å². The minimum absolute atomic E-state index is 0.0204. The van der Waals surface area contributed by atoms with E-state index in [2.05, 4.69) is 5.32 Å². The Balaban J connectivity index is 1.90. The molecule has 2 atom stereocenters. The summed E-state index contributed by atoms with van der Waals surface area (Å²) in [5, 5.41) is 11.4. The van der Waals surface area contributed by atoms with Crippen molar-refractivity contribution in [3.8, 4) is 0 Å². The summed E-state index contributed by atoms with van der Waals surface area (Å²) in [5.74, 6) is -1.66. The molecule has 0 radical (unpaired) electrons. The number of rotatable bonds is 3. The van der Waals surface area contributed by atoms with Gasteiger partial charge in [0, 0.05) is 26.6 Å². The second-order valence-electron chi connectivity index (χ2n) is 5.55. The number of imide groups is 1. The summed E-state index contributed by atoms with van der Waals surface area (Å²) in [6.07, 6.45) is 1.53. The van der Waals surface area contributed by atoms with Crippen LogP contribution in [0.3, 0.4) is 0 Å². The van der Waals surface area contributed by atoms with E-state index in [-0.39, 0.29) is 24.7 Å². The highest BCUT2D eigenvalue weighted by molar-refractivity contribution is 6.06. The Kier molecular flexibility index (Phi) is 4.44. The lowest BCUT2D eigenvalue weighted by atomic mass is 9.95. The van der Waals surface area contributed by atoms with E-state index in [1.807, 2.05) is 0 Å². The Morgan fingerprint density at radius 1 is 1.38 bits per heavy atom. The van der Waals surface area contributed by atoms with Gasteiger partial charge in [-0.3, -0.25) is 19.3 Å². The highest BCUT2D eigenvalue weighted by Gasteiger charge is 2.38. The summed E-state index contributed by atoms with van der Waals surface area (Å²) in [5.41, 5.74) is 0. The monoisotopic (exact) mass is 297 g/mol. The Bertz CT molecular complexity index is 478. The van der Waals surface area contributed by atoms with Crippen LogP contribution in [0.2, 0.25) is 0 Å². The minimum Gasteiger partial charge on any atom is -0.481 e. The SMILES string of the molecule is CN1C(=O)CC(NC(=O)N2CCCC(CC(=O)O)C2)C1=O. The fourth-order valence-corrected chi connectivity index (χ4v) is 2.77. The van der Waals surface area contributed by atoms with E-state index in [0.717, 1.165) is 17.7 Å². The fourth-order valence-electron chi connectivity index (χ4n) is 2.77. The molecular weight excluding hydrogens is 278 g/mol. The summed E-state index contributed by atoms with van der Waals surface area (Å²) < 4.78 is 0. The van der Waals surface area contributed by atoms with Gasteiger partial charge in [0.1, 0.15) is 6.04 Å². The lowest BCUT2D eigenvalue weighted by Gasteiger charge is -2.32. The topological polar surface area (TPSA) is 107 Å². The Morgan fingerprint density at radius 3 is 2.67 bits per heavy atom. The predicted octanol–water partition coefficient (Wildman–Crippen LogP) is -0.360. The van der Waals surface area contributed by atoms with Gasteiger partial charge in [-0.2, -0.15) is 0 Å². The number of hydrogen-bond donors (Lipinski definition) is 2. The smallest absolute Gasteiger partial charge is 0.318 e. The maximum atomic E-state index is 12.1. The summed E-state index contributed by atoms with van der Waals surface area (Å²) in [7, 11) is 1.39. The lowest BCUT2D eigenvalue weighted by molar-refractivity contribution is -0.139. The summed E-state index contributed by atoms with van der Waals surface area (Å²) >= 11 is 0. The molecule has 0 bridgehead atoms. The molecule has 2 fully saturated rings. The van der Waals surface area contributed by atoms with Crippen LogP contribution in [0, 0.1) is 5.92 Å². The van der Waals surface area contributed by atoms with E-state index >= 15 is 0 Å². The van der Waals surface area contributed by atoms with Gasteiger partial charge in [-0.1, -0.05) is 0 Å². The molecule has 2 heterocycles. The van der Waals surface area contributed by atoms with Crippen LogP contribution in [-0.2, 0) is 14.4 Å². The summed E-state index contributed by atoms with van der Waals surface area (Å²) in [6.45, 7) is 0.898. The molecule has 0 aromatic rings. The molecule has 4 amide bonds. The average molecular weight is 297 g/mol. The molecule has 2 N–H and O–H groups in total. The van der Waals surface area contributed by atoms with E-state index in [4.69, 9.17) is 5.11 Å². The van der Waals surface area contributed by atoms with Gasteiger partial charge in [-0.15, -0.1) is 0 Å². The van der Waals surface area contributed by atoms with Crippen molar-refractivity contribution in [2.24, 2.45) is 5.92 Å². The van der Waals surface area contributed by atoms with E-state index < -0.39 is 23.9 Å². The van der Waals surface area contributed by atoms with E-state index in [0.29, 0.717) is 13.1 Å². The third-order valence-corrected chi connectivity index (χ3v) is 3.95. The number of amides is 4. The number of carboxylic acids is 1. The second kappa shape index (κ2) is 6.11. The number of likely N-dealkylation sites (N-methyl/N-ethyl adjacent to an activating group) is 1. The van der Waals surface area contributed by atoms with Crippen LogP contribution in [0.4, 0.5) is 4.79 Å². The van der Waals surface area contributed by atoms with Crippen molar-refractivity contribution in [3.63, 3.8) is 0 Å². The van der Waals surface area contributed by atoms with Crippen LogP contribution >= 0.6 is 0 Å². The molecule has 2 unspecified atom stereocenters. The number of piperidine rings is 1. The zero-order valence-corrected chi connectivity index (χ0v) is 11.9. The number of nitrogens with one attached hydrogen (secondary N) is 1. The largest absolute Gasteiger partial charge is 0.481 e. The number of nitrogens with zero attached hydrogens (tertiary/aromatic N) is 2. The van der Waals surface area contributed by atoms with Crippen LogP contribution < -0.4 is 5.32 Å². The second-order valence-corrected chi connectivity index (χ2v) is 5.55. The molecule has 2 rings (SSSR count). The normalized spacial score (nSPS) is 26.1. The van der Waals surface area contributed by atoms with Crippen LogP contribution in [0.1, 0.15) is 25.7 Å². The highest BCUT2D eigenvalue weighted by Crippen LogP contribution is 2.20. The quantitative estimate of drug-likeness (QED) is 0.692. The molecule has 8 heteroatoms. The van der Waals surface area contributed by atoms with E-state index in [9.17, 15) is 19.2 Å². The lowest BCUT2D eigenvalue weighted by Crippen LogP contribution is -2.50. The van der Waals surface area contributed by atoms with Crippen LogP contribution in [-0.4, -0.2) is 64.9 Å². The first-order valence-electron chi connectivity index (χ1n) is 6.96. The van der Waals surface area contributed by atoms with Crippen LogP contribution in [0.5, 0.6) is 0 Å². The molecular formula is C13H19N3O5. The molecule has 2 aliphatic rings. The summed E-state index contributed by atoms with van der Waals surface area (Å²) in [4.78, 5) is 48.5. The number of likely N-dealkylation sites (tertiary alicyclic amines) is 2. The maximum Gasteiger partial charge on any atom is 0.318 e. The molecule has 0 aliphatic carbocycles. The van der Waals surface area contributed by atoms with Gasteiger partial charge >= 0.3 is 12.0 Å². The average Bonchev–Trinajstić information content (AvgIpc) is 2.66. The molecule has 2 aliphatic heterocycles. The number of carbonyl (C=O) groups is 4. The molecule has 0 aromatic carbocycles.